The fraction of sp³-hybridized carbons (Fsp3) is 0.214. The first-order chi connectivity index (χ1) is 16.5. The Morgan fingerprint density at radius 3 is 2.41 bits per heavy atom. The lowest BCUT2D eigenvalue weighted by molar-refractivity contribution is -0.123. The Bertz CT molecular complexity index is 1270. The molecule has 4 rings (SSSR count). The second-order valence-corrected chi connectivity index (χ2v) is 8.91. The van der Waals surface area contributed by atoms with Crippen LogP contribution in [0.3, 0.4) is 0 Å². The number of amides is 2. The number of hydrogen-bond acceptors (Lipinski definition) is 2. The normalized spacial score (nSPS) is 12.8. The highest BCUT2D eigenvalue weighted by molar-refractivity contribution is 6.33. The number of rotatable bonds is 9. The SMILES string of the molecule is C[C@@H](CCc1ccccc1)NC(=O)[C@H](Cc1c[nH]c2ccccc12)NC(=O)c1ccccc1Cl. The number of aromatic amines is 1. The highest BCUT2D eigenvalue weighted by Crippen LogP contribution is 2.20. The van der Waals surface area contributed by atoms with Crippen LogP contribution in [0.4, 0.5) is 0 Å². The van der Waals surface area contributed by atoms with Crippen molar-refractivity contribution in [1.29, 1.82) is 0 Å². The zero-order valence-electron chi connectivity index (χ0n) is 19.1. The smallest absolute Gasteiger partial charge is 0.253 e. The first-order valence-corrected chi connectivity index (χ1v) is 11.8. The molecule has 0 bridgehead atoms. The molecule has 0 aliphatic carbocycles. The van der Waals surface area contributed by atoms with Crippen LogP contribution in [-0.2, 0) is 17.6 Å². The molecule has 6 heteroatoms. The van der Waals surface area contributed by atoms with Crippen LogP contribution in [0.25, 0.3) is 10.9 Å². The van der Waals surface area contributed by atoms with E-state index in [1.165, 1.54) is 5.56 Å². The third-order valence-corrected chi connectivity index (χ3v) is 6.27. The number of halogens is 1. The van der Waals surface area contributed by atoms with Crippen LogP contribution in [0, 0.1) is 0 Å². The third-order valence-electron chi connectivity index (χ3n) is 5.94. The summed E-state index contributed by atoms with van der Waals surface area (Å²) < 4.78 is 0. The Balaban J connectivity index is 1.49. The number of hydrogen-bond donors (Lipinski definition) is 3. The van der Waals surface area contributed by atoms with E-state index in [0.29, 0.717) is 17.0 Å². The Hall–Kier alpha value is -3.57. The van der Waals surface area contributed by atoms with E-state index < -0.39 is 6.04 Å². The van der Waals surface area contributed by atoms with E-state index in [2.05, 4.69) is 27.8 Å². The molecule has 34 heavy (non-hydrogen) atoms. The van der Waals surface area contributed by atoms with Gasteiger partial charge in [0.15, 0.2) is 0 Å². The largest absolute Gasteiger partial charge is 0.361 e. The minimum atomic E-state index is -0.748. The molecule has 1 aromatic heterocycles. The molecule has 0 aliphatic rings. The quantitative estimate of drug-likeness (QED) is 0.308. The van der Waals surface area contributed by atoms with Crippen molar-refractivity contribution in [2.75, 3.05) is 0 Å². The van der Waals surface area contributed by atoms with Crippen LogP contribution in [0.2, 0.25) is 5.02 Å². The van der Waals surface area contributed by atoms with Gasteiger partial charge in [0.25, 0.3) is 5.91 Å². The summed E-state index contributed by atoms with van der Waals surface area (Å²) in [7, 11) is 0. The molecule has 3 aromatic carbocycles. The highest BCUT2D eigenvalue weighted by Gasteiger charge is 2.25. The molecule has 0 aliphatic heterocycles. The van der Waals surface area contributed by atoms with Gasteiger partial charge in [-0.2, -0.15) is 0 Å². The average molecular weight is 474 g/mol. The van der Waals surface area contributed by atoms with Gasteiger partial charge < -0.3 is 15.6 Å². The number of benzene rings is 3. The van der Waals surface area contributed by atoms with E-state index in [9.17, 15) is 9.59 Å². The van der Waals surface area contributed by atoms with Gasteiger partial charge in [-0.3, -0.25) is 9.59 Å². The summed E-state index contributed by atoms with van der Waals surface area (Å²) in [5, 5.41) is 7.37. The number of aryl methyl sites for hydroxylation is 1. The summed E-state index contributed by atoms with van der Waals surface area (Å²) in [5.74, 6) is -0.589. The summed E-state index contributed by atoms with van der Waals surface area (Å²) in [6.07, 6.45) is 3.91. The van der Waals surface area contributed by atoms with Crippen LogP contribution >= 0.6 is 11.6 Å². The van der Waals surface area contributed by atoms with Gasteiger partial charge in [0.2, 0.25) is 5.91 Å². The molecule has 5 nitrogen and oxygen atoms in total. The number of aromatic nitrogens is 1. The third kappa shape index (κ3) is 5.86. The van der Waals surface area contributed by atoms with Gasteiger partial charge in [-0.15, -0.1) is 0 Å². The molecular weight excluding hydrogens is 446 g/mol. The predicted octanol–water partition coefficient (Wildman–Crippen LogP) is 5.30. The maximum absolute atomic E-state index is 13.3. The zero-order chi connectivity index (χ0) is 23.9. The average Bonchev–Trinajstić information content (AvgIpc) is 3.26. The molecule has 0 saturated heterocycles. The second kappa shape index (κ2) is 11.0. The van der Waals surface area contributed by atoms with Gasteiger partial charge in [-0.25, -0.2) is 0 Å². The first kappa shape index (κ1) is 23.6. The first-order valence-electron chi connectivity index (χ1n) is 11.5. The van der Waals surface area contributed by atoms with Crippen LogP contribution in [0.5, 0.6) is 0 Å². The fourth-order valence-electron chi connectivity index (χ4n) is 4.05. The molecule has 0 unspecified atom stereocenters. The van der Waals surface area contributed by atoms with Gasteiger partial charge in [0, 0.05) is 29.6 Å². The monoisotopic (exact) mass is 473 g/mol. The standard InChI is InChI=1S/C28H28ClN3O2/c1-19(15-16-20-9-3-2-4-10-20)31-28(34)26(32-27(33)23-12-5-7-13-24(23)29)17-21-18-30-25-14-8-6-11-22(21)25/h2-14,18-19,26,30H,15-17H2,1H3,(H,31,34)(H,32,33)/t19-,26-/m0/s1. The lowest BCUT2D eigenvalue weighted by Crippen LogP contribution is -2.50. The van der Waals surface area contributed by atoms with Crippen molar-refractivity contribution in [1.82, 2.24) is 15.6 Å². The van der Waals surface area contributed by atoms with Crippen molar-refractivity contribution in [2.45, 2.75) is 38.3 Å². The summed E-state index contributed by atoms with van der Waals surface area (Å²) in [5.41, 5.74) is 3.53. The summed E-state index contributed by atoms with van der Waals surface area (Å²) in [4.78, 5) is 29.5. The van der Waals surface area contributed by atoms with E-state index in [0.717, 1.165) is 29.3 Å². The van der Waals surface area contributed by atoms with Gasteiger partial charge >= 0.3 is 0 Å². The van der Waals surface area contributed by atoms with E-state index >= 15 is 0 Å². The Morgan fingerprint density at radius 2 is 1.62 bits per heavy atom. The number of carbonyl (C=O) groups is 2. The van der Waals surface area contributed by atoms with E-state index in [-0.39, 0.29) is 17.9 Å². The molecule has 2 atom stereocenters. The Morgan fingerprint density at radius 1 is 0.912 bits per heavy atom. The molecular formula is C28H28ClN3O2. The molecule has 174 valence electrons. The number of carbonyl (C=O) groups excluding carboxylic acids is 2. The minimum absolute atomic E-state index is 0.0459. The number of nitrogens with one attached hydrogen (secondary N) is 3. The van der Waals surface area contributed by atoms with Crippen molar-refractivity contribution in [3.05, 3.63) is 107 Å². The zero-order valence-corrected chi connectivity index (χ0v) is 19.8. The van der Waals surface area contributed by atoms with E-state index in [4.69, 9.17) is 11.6 Å². The van der Waals surface area contributed by atoms with Crippen molar-refractivity contribution in [3.8, 4) is 0 Å². The lowest BCUT2D eigenvalue weighted by Gasteiger charge is -2.22. The maximum atomic E-state index is 13.3. The molecule has 1 heterocycles. The summed E-state index contributed by atoms with van der Waals surface area (Å²) >= 11 is 6.22. The fourth-order valence-corrected chi connectivity index (χ4v) is 4.28. The van der Waals surface area contributed by atoms with Crippen LogP contribution in [-0.4, -0.2) is 28.9 Å². The van der Waals surface area contributed by atoms with Crippen LogP contribution in [0.1, 0.15) is 34.8 Å². The minimum Gasteiger partial charge on any atom is -0.361 e. The summed E-state index contributed by atoms with van der Waals surface area (Å²) in [6, 6.07) is 24.1. The van der Waals surface area contributed by atoms with Gasteiger partial charge in [-0.05, 0) is 49.1 Å². The van der Waals surface area contributed by atoms with Crippen LogP contribution in [0.15, 0.2) is 85.1 Å². The molecule has 2 amide bonds. The van der Waals surface area contributed by atoms with Gasteiger partial charge in [-0.1, -0.05) is 72.3 Å². The van der Waals surface area contributed by atoms with Gasteiger partial charge in [0.1, 0.15) is 6.04 Å². The number of fused-ring (bicyclic) bond motifs is 1. The Labute approximate surface area is 204 Å². The van der Waals surface area contributed by atoms with Crippen molar-refractivity contribution < 1.29 is 9.59 Å². The Kier molecular flexibility index (Phi) is 7.65. The summed E-state index contributed by atoms with van der Waals surface area (Å²) in [6.45, 7) is 1.99. The topological polar surface area (TPSA) is 74.0 Å². The maximum Gasteiger partial charge on any atom is 0.253 e. The lowest BCUT2D eigenvalue weighted by atomic mass is 10.0. The second-order valence-electron chi connectivity index (χ2n) is 8.50. The van der Waals surface area contributed by atoms with E-state index in [1.54, 1.807) is 24.3 Å². The molecule has 0 saturated carbocycles. The van der Waals surface area contributed by atoms with Crippen molar-refractivity contribution in [2.24, 2.45) is 0 Å². The molecule has 0 radical (unpaired) electrons. The van der Waals surface area contributed by atoms with Crippen LogP contribution < -0.4 is 10.6 Å². The van der Waals surface area contributed by atoms with E-state index in [1.807, 2.05) is 55.6 Å². The van der Waals surface area contributed by atoms with Crippen molar-refractivity contribution >= 4 is 34.3 Å². The highest BCUT2D eigenvalue weighted by atomic mass is 35.5. The van der Waals surface area contributed by atoms with Crippen molar-refractivity contribution in [3.63, 3.8) is 0 Å². The van der Waals surface area contributed by atoms with Gasteiger partial charge in [0.05, 0.1) is 10.6 Å². The molecule has 4 aromatic rings. The molecule has 3 N–H and O–H groups in total. The molecule has 0 spiro atoms. The number of H-pyrrole nitrogens is 1. The number of para-hydroxylation sites is 1. The predicted molar refractivity (Wildman–Crippen MR) is 137 cm³/mol. The molecule has 0 fully saturated rings.